The van der Waals surface area contributed by atoms with Crippen LogP contribution >= 0.6 is 11.6 Å². The average Bonchev–Trinajstić information content (AvgIpc) is 2.56. The monoisotopic (exact) mass is 298 g/mol. The van der Waals surface area contributed by atoms with E-state index in [0.29, 0.717) is 5.69 Å². The summed E-state index contributed by atoms with van der Waals surface area (Å²) >= 11 is 5.92. The Morgan fingerprint density at radius 2 is 1.48 bits per heavy atom. The summed E-state index contributed by atoms with van der Waals surface area (Å²) in [4.78, 5) is 8.77. The number of rotatable bonds is 2. The lowest BCUT2D eigenvalue weighted by Crippen LogP contribution is -2.46. The van der Waals surface area contributed by atoms with Crippen molar-refractivity contribution in [2.24, 2.45) is 0 Å². The summed E-state index contributed by atoms with van der Waals surface area (Å²) in [5.74, 6) is 0. The fourth-order valence-corrected chi connectivity index (χ4v) is 2.64. The lowest BCUT2D eigenvalue weighted by molar-refractivity contribution is 0.653. The van der Waals surface area contributed by atoms with E-state index >= 15 is 0 Å². The lowest BCUT2D eigenvalue weighted by atomic mass is 10.2. The SMILES string of the molecule is N#Cc1ccc(N2CCN(c3ccc(Cl)cc3)CC2)cn1. The van der Waals surface area contributed by atoms with Gasteiger partial charge in [-0.1, -0.05) is 11.6 Å². The highest BCUT2D eigenvalue weighted by Gasteiger charge is 2.17. The first-order valence-corrected chi connectivity index (χ1v) is 7.26. The van der Waals surface area contributed by atoms with Gasteiger partial charge in [0, 0.05) is 36.9 Å². The third-order valence-electron chi connectivity index (χ3n) is 3.70. The fourth-order valence-electron chi connectivity index (χ4n) is 2.51. The highest BCUT2D eigenvalue weighted by Crippen LogP contribution is 2.21. The minimum absolute atomic E-state index is 0.457. The molecule has 0 spiro atoms. The number of nitrogens with zero attached hydrogens (tertiary/aromatic N) is 4. The second-order valence-corrected chi connectivity index (χ2v) is 5.40. The van der Waals surface area contributed by atoms with Crippen molar-refractivity contribution in [3.05, 3.63) is 53.3 Å². The topological polar surface area (TPSA) is 43.2 Å². The van der Waals surface area contributed by atoms with Crippen molar-refractivity contribution in [1.29, 1.82) is 5.26 Å². The van der Waals surface area contributed by atoms with Crippen molar-refractivity contribution >= 4 is 23.0 Å². The maximum Gasteiger partial charge on any atom is 0.140 e. The number of anilines is 2. The molecule has 4 nitrogen and oxygen atoms in total. The summed E-state index contributed by atoms with van der Waals surface area (Å²) < 4.78 is 0. The molecule has 5 heteroatoms. The predicted molar refractivity (Wildman–Crippen MR) is 84.8 cm³/mol. The Hall–Kier alpha value is -2.25. The minimum Gasteiger partial charge on any atom is -0.368 e. The van der Waals surface area contributed by atoms with Gasteiger partial charge in [-0.25, -0.2) is 4.98 Å². The molecule has 1 aromatic heterocycles. The fraction of sp³-hybridized carbons (Fsp3) is 0.250. The van der Waals surface area contributed by atoms with Crippen molar-refractivity contribution < 1.29 is 0 Å². The summed E-state index contributed by atoms with van der Waals surface area (Å²) in [5.41, 5.74) is 2.74. The number of hydrogen-bond donors (Lipinski definition) is 0. The molecule has 21 heavy (non-hydrogen) atoms. The van der Waals surface area contributed by atoms with Gasteiger partial charge in [-0.05, 0) is 36.4 Å². The van der Waals surface area contributed by atoms with Crippen molar-refractivity contribution in [1.82, 2.24) is 4.98 Å². The largest absolute Gasteiger partial charge is 0.368 e. The van der Waals surface area contributed by atoms with E-state index in [2.05, 4.69) is 26.9 Å². The van der Waals surface area contributed by atoms with Gasteiger partial charge in [-0.15, -0.1) is 0 Å². The molecule has 106 valence electrons. The first kappa shape index (κ1) is 13.7. The Balaban J connectivity index is 1.64. The Morgan fingerprint density at radius 1 is 0.905 bits per heavy atom. The maximum atomic E-state index is 8.78. The van der Waals surface area contributed by atoms with E-state index in [4.69, 9.17) is 16.9 Å². The third-order valence-corrected chi connectivity index (χ3v) is 3.95. The molecule has 1 aliphatic rings. The van der Waals surface area contributed by atoms with Gasteiger partial charge < -0.3 is 9.80 Å². The molecule has 0 saturated carbocycles. The Kier molecular flexibility index (Phi) is 3.94. The van der Waals surface area contributed by atoms with Gasteiger partial charge in [0.05, 0.1) is 11.9 Å². The van der Waals surface area contributed by atoms with Gasteiger partial charge in [-0.3, -0.25) is 0 Å². The number of pyridine rings is 1. The van der Waals surface area contributed by atoms with Crippen LogP contribution in [0.5, 0.6) is 0 Å². The van der Waals surface area contributed by atoms with Crippen molar-refractivity contribution in [3.8, 4) is 6.07 Å². The molecule has 0 amide bonds. The number of piperazine rings is 1. The third kappa shape index (κ3) is 3.09. The van der Waals surface area contributed by atoms with E-state index in [1.807, 2.05) is 24.3 Å². The van der Waals surface area contributed by atoms with Gasteiger partial charge >= 0.3 is 0 Å². The molecule has 3 rings (SSSR count). The molecule has 0 unspecified atom stereocenters. The smallest absolute Gasteiger partial charge is 0.140 e. The number of hydrogen-bond acceptors (Lipinski definition) is 4. The first-order chi connectivity index (χ1) is 10.3. The van der Waals surface area contributed by atoms with Gasteiger partial charge in [-0.2, -0.15) is 5.26 Å². The van der Waals surface area contributed by atoms with Gasteiger partial charge in [0.15, 0.2) is 0 Å². The predicted octanol–water partition coefficient (Wildman–Crippen LogP) is 2.93. The molecule has 1 saturated heterocycles. The Morgan fingerprint density at radius 3 is 2.00 bits per heavy atom. The number of halogens is 1. The molecule has 0 radical (unpaired) electrons. The van der Waals surface area contributed by atoms with Crippen LogP contribution in [0.4, 0.5) is 11.4 Å². The summed E-state index contributed by atoms with van der Waals surface area (Å²) in [7, 11) is 0. The van der Waals surface area contributed by atoms with Crippen LogP contribution in [0.1, 0.15) is 5.69 Å². The number of benzene rings is 1. The molecular weight excluding hydrogens is 284 g/mol. The molecule has 0 aliphatic carbocycles. The molecule has 0 bridgehead atoms. The average molecular weight is 299 g/mol. The molecule has 0 atom stereocenters. The van der Waals surface area contributed by atoms with E-state index in [0.717, 1.165) is 36.9 Å². The Bertz CT molecular complexity index is 637. The van der Waals surface area contributed by atoms with Crippen LogP contribution in [-0.2, 0) is 0 Å². The maximum absolute atomic E-state index is 8.78. The zero-order chi connectivity index (χ0) is 14.7. The molecule has 2 aromatic rings. The van der Waals surface area contributed by atoms with Gasteiger partial charge in [0.25, 0.3) is 0 Å². The zero-order valence-corrected chi connectivity index (χ0v) is 12.3. The van der Waals surface area contributed by atoms with Crippen LogP contribution in [0.2, 0.25) is 5.02 Å². The second-order valence-electron chi connectivity index (χ2n) is 4.96. The summed E-state index contributed by atoms with van der Waals surface area (Å²) in [6, 6.07) is 13.7. The normalized spacial score (nSPS) is 14.9. The highest BCUT2D eigenvalue weighted by atomic mass is 35.5. The minimum atomic E-state index is 0.457. The van der Waals surface area contributed by atoms with Crippen LogP contribution < -0.4 is 9.80 Å². The van der Waals surface area contributed by atoms with E-state index in [1.54, 1.807) is 12.3 Å². The highest BCUT2D eigenvalue weighted by molar-refractivity contribution is 6.30. The van der Waals surface area contributed by atoms with Gasteiger partial charge in [0.2, 0.25) is 0 Å². The molecule has 0 N–H and O–H groups in total. The van der Waals surface area contributed by atoms with Crippen molar-refractivity contribution in [3.63, 3.8) is 0 Å². The summed E-state index contributed by atoms with van der Waals surface area (Å²) in [6.45, 7) is 3.80. The van der Waals surface area contributed by atoms with E-state index in [1.165, 1.54) is 5.69 Å². The number of nitriles is 1. The van der Waals surface area contributed by atoms with E-state index in [9.17, 15) is 0 Å². The van der Waals surface area contributed by atoms with Crippen LogP contribution in [0.25, 0.3) is 0 Å². The summed E-state index contributed by atoms with van der Waals surface area (Å²) in [6.07, 6.45) is 1.77. The lowest BCUT2D eigenvalue weighted by Gasteiger charge is -2.37. The Labute approximate surface area is 129 Å². The van der Waals surface area contributed by atoms with E-state index in [-0.39, 0.29) is 0 Å². The first-order valence-electron chi connectivity index (χ1n) is 6.88. The molecule has 1 aliphatic heterocycles. The van der Waals surface area contributed by atoms with Crippen molar-refractivity contribution in [2.45, 2.75) is 0 Å². The van der Waals surface area contributed by atoms with E-state index < -0.39 is 0 Å². The quantitative estimate of drug-likeness (QED) is 0.855. The van der Waals surface area contributed by atoms with Gasteiger partial charge in [0.1, 0.15) is 11.8 Å². The molecular formula is C16H15ClN4. The van der Waals surface area contributed by atoms with Crippen LogP contribution in [0.3, 0.4) is 0 Å². The number of aromatic nitrogens is 1. The molecule has 1 aromatic carbocycles. The van der Waals surface area contributed by atoms with Crippen molar-refractivity contribution in [2.75, 3.05) is 36.0 Å². The van der Waals surface area contributed by atoms with Crippen LogP contribution in [0, 0.1) is 11.3 Å². The standard InChI is InChI=1S/C16H15ClN4/c17-13-1-4-15(5-2-13)20-7-9-21(10-8-20)16-6-3-14(11-18)19-12-16/h1-6,12H,7-10H2. The van der Waals surface area contributed by atoms with Crippen LogP contribution in [0.15, 0.2) is 42.6 Å². The second kappa shape index (κ2) is 6.02. The van der Waals surface area contributed by atoms with Crippen LogP contribution in [-0.4, -0.2) is 31.2 Å². The molecule has 1 fully saturated rings. The summed E-state index contributed by atoms with van der Waals surface area (Å²) in [5, 5.41) is 9.54. The zero-order valence-electron chi connectivity index (χ0n) is 11.5. The molecule has 2 heterocycles.